The van der Waals surface area contributed by atoms with Gasteiger partial charge in [-0.05, 0) is 56.7 Å². The number of carbonyl (C=O) groups excluding carboxylic acids is 2. The second-order valence-corrected chi connectivity index (χ2v) is 8.08. The summed E-state index contributed by atoms with van der Waals surface area (Å²) in [6.45, 7) is 4.79. The van der Waals surface area contributed by atoms with Gasteiger partial charge in [-0.25, -0.2) is 4.98 Å². The Bertz CT molecular complexity index is 1120. The first-order valence-corrected chi connectivity index (χ1v) is 10.2. The summed E-state index contributed by atoms with van der Waals surface area (Å²) in [6, 6.07) is 9.28. The summed E-state index contributed by atoms with van der Waals surface area (Å²) in [4.78, 5) is 42.1. The van der Waals surface area contributed by atoms with E-state index in [0.29, 0.717) is 10.2 Å². The number of nitrogens with one attached hydrogen (secondary N) is 1. The Balaban J connectivity index is 1.77. The second-order valence-electron chi connectivity index (χ2n) is 7.03. The molecule has 0 radical (unpaired) electrons. The van der Waals surface area contributed by atoms with E-state index in [0.717, 1.165) is 16.2 Å². The molecule has 0 bridgehead atoms. The summed E-state index contributed by atoms with van der Waals surface area (Å²) in [6.07, 6.45) is 0.366. The first-order chi connectivity index (χ1) is 14.3. The van der Waals surface area contributed by atoms with Crippen molar-refractivity contribution >= 4 is 33.4 Å². The Morgan fingerprint density at radius 2 is 1.90 bits per heavy atom. The summed E-state index contributed by atoms with van der Waals surface area (Å²) < 4.78 is 11.9. The Morgan fingerprint density at radius 1 is 1.20 bits per heavy atom. The minimum atomic E-state index is -0.948. The van der Waals surface area contributed by atoms with Gasteiger partial charge >= 0.3 is 5.97 Å². The lowest BCUT2D eigenvalue weighted by Gasteiger charge is -2.15. The average molecular weight is 429 g/mol. The maximum absolute atomic E-state index is 12.8. The van der Waals surface area contributed by atoms with Crippen molar-refractivity contribution in [2.45, 2.75) is 39.5 Å². The molecule has 158 valence electrons. The van der Waals surface area contributed by atoms with Crippen LogP contribution in [0.4, 0.5) is 0 Å². The molecular weight excluding hydrogens is 406 g/mol. The SMILES string of the molecule is COc1ccc(-c2cc3ncn(CC(=O)O[C@@H](C)C(=O)NC(C)C)c(=O)c3s2)cc1. The van der Waals surface area contributed by atoms with Gasteiger partial charge in [-0.1, -0.05) is 0 Å². The van der Waals surface area contributed by atoms with E-state index in [1.54, 1.807) is 7.11 Å². The van der Waals surface area contributed by atoms with E-state index in [1.165, 1.54) is 29.2 Å². The average Bonchev–Trinajstić information content (AvgIpc) is 3.15. The van der Waals surface area contributed by atoms with Gasteiger partial charge in [-0.2, -0.15) is 0 Å². The fourth-order valence-electron chi connectivity index (χ4n) is 2.78. The molecule has 0 aliphatic carbocycles. The van der Waals surface area contributed by atoms with Gasteiger partial charge in [0, 0.05) is 10.9 Å². The molecule has 0 fully saturated rings. The van der Waals surface area contributed by atoms with Crippen molar-refractivity contribution in [1.29, 1.82) is 0 Å². The number of thiophene rings is 1. The molecule has 1 amide bonds. The highest BCUT2D eigenvalue weighted by atomic mass is 32.1. The summed E-state index contributed by atoms with van der Waals surface area (Å²) in [5.74, 6) is -0.326. The molecule has 0 unspecified atom stereocenters. The van der Waals surface area contributed by atoms with Gasteiger partial charge in [0.25, 0.3) is 11.5 Å². The number of fused-ring (bicyclic) bond motifs is 1. The van der Waals surface area contributed by atoms with E-state index in [9.17, 15) is 14.4 Å². The van der Waals surface area contributed by atoms with Crippen molar-refractivity contribution in [1.82, 2.24) is 14.9 Å². The van der Waals surface area contributed by atoms with E-state index in [2.05, 4.69) is 10.3 Å². The molecule has 1 N–H and O–H groups in total. The standard InChI is InChI=1S/C21H23N3O5S/c1-12(2)23-20(26)13(3)29-18(25)10-24-11-22-16-9-17(30-19(16)21(24)27)14-5-7-15(28-4)8-6-14/h5-9,11-13H,10H2,1-4H3,(H,23,26)/t13-/m0/s1. The van der Waals surface area contributed by atoms with Crippen LogP contribution in [0, 0.1) is 0 Å². The highest BCUT2D eigenvalue weighted by Crippen LogP contribution is 2.31. The minimum absolute atomic E-state index is 0.0633. The number of carbonyl (C=O) groups is 2. The number of benzene rings is 1. The predicted molar refractivity (Wildman–Crippen MR) is 115 cm³/mol. The summed E-state index contributed by atoms with van der Waals surface area (Å²) in [5.41, 5.74) is 1.17. The van der Waals surface area contributed by atoms with Crippen LogP contribution in [0.3, 0.4) is 0 Å². The van der Waals surface area contributed by atoms with Gasteiger partial charge < -0.3 is 14.8 Å². The Labute approximate surface area is 177 Å². The largest absolute Gasteiger partial charge is 0.497 e. The molecule has 0 aliphatic heterocycles. The Kier molecular flexibility index (Phi) is 6.51. The molecule has 3 rings (SSSR count). The fourth-order valence-corrected chi connectivity index (χ4v) is 3.85. The number of amides is 1. The van der Waals surface area contributed by atoms with Crippen molar-refractivity contribution in [2.24, 2.45) is 0 Å². The molecule has 2 heterocycles. The van der Waals surface area contributed by atoms with E-state index in [-0.39, 0.29) is 24.1 Å². The summed E-state index contributed by atoms with van der Waals surface area (Å²) in [5, 5.41) is 2.67. The number of nitrogens with zero attached hydrogens (tertiary/aromatic N) is 2. The van der Waals surface area contributed by atoms with Crippen LogP contribution < -0.4 is 15.6 Å². The van der Waals surface area contributed by atoms with Gasteiger partial charge in [-0.3, -0.25) is 19.0 Å². The number of aromatic nitrogens is 2. The van der Waals surface area contributed by atoms with Gasteiger partial charge in [0.1, 0.15) is 17.0 Å². The number of hydrogen-bond donors (Lipinski definition) is 1. The number of ether oxygens (including phenoxy) is 2. The van der Waals surface area contributed by atoms with Crippen LogP contribution in [0.1, 0.15) is 20.8 Å². The summed E-state index contributed by atoms with van der Waals surface area (Å²) >= 11 is 1.30. The third-order valence-corrected chi connectivity index (χ3v) is 5.45. The predicted octanol–water partition coefficient (Wildman–Crippen LogP) is 2.59. The molecule has 2 aromatic heterocycles. The molecule has 3 aromatic rings. The number of esters is 1. The monoisotopic (exact) mass is 429 g/mol. The van der Waals surface area contributed by atoms with Crippen LogP contribution in [0.25, 0.3) is 20.7 Å². The Morgan fingerprint density at radius 3 is 2.53 bits per heavy atom. The summed E-state index contributed by atoms with van der Waals surface area (Å²) in [7, 11) is 1.60. The molecule has 0 saturated heterocycles. The topological polar surface area (TPSA) is 99.5 Å². The lowest BCUT2D eigenvalue weighted by Crippen LogP contribution is -2.40. The zero-order valence-corrected chi connectivity index (χ0v) is 18.0. The van der Waals surface area contributed by atoms with Crippen LogP contribution in [0.2, 0.25) is 0 Å². The lowest BCUT2D eigenvalue weighted by molar-refractivity contribution is -0.155. The van der Waals surface area contributed by atoms with E-state index in [4.69, 9.17) is 9.47 Å². The van der Waals surface area contributed by atoms with Gasteiger partial charge in [0.2, 0.25) is 0 Å². The number of methoxy groups -OCH3 is 1. The van der Waals surface area contributed by atoms with Crippen molar-refractivity contribution < 1.29 is 19.1 Å². The van der Waals surface area contributed by atoms with Crippen LogP contribution in [0.5, 0.6) is 5.75 Å². The maximum Gasteiger partial charge on any atom is 0.326 e. The van der Waals surface area contributed by atoms with Crippen molar-refractivity contribution in [2.75, 3.05) is 7.11 Å². The number of rotatable bonds is 7. The second kappa shape index (κ2) is 9.08. The van der Waals surface area contributed by atoms with Crippen LogP contribution in [0.15, 0.2) is 41.5 Å². The van der Waals surface area contributed by atoms with E-state index in [1.807, 2.05) is 44.2 Å². The fraction of sp³-hybridized carbons (Fsp3) is 0.333. The molecule has 8 nitrogen and oxygen atoms in total. The van der Waals surface area contributed by atoms with Crippen molar-refractivity contribution in [3.63, 3.8) is 0 Å². The molecule has 1 atom stereocenters. The molecule has 30 heavy (non-hydrogen) atoms. The first-order valence-electron chi connectivity index (χ1n) is 9.41. The van der Waals surface area contributed by atoms with Gasteiger partial charge in [-0.15, -0.1) is 11.3 Å². The lowest BCUT2D eigenvalue weighted by atomic mass is 10.2. The van der Waals surface area contributed by atoms with Crippen molar-refractivity contribution in [3.8, 4) is 16.2 Å². The van der Waals surface area contributed by atoms with Crippen LogP contribution in [-0.2, 0) is 20.9 Å². The maximum atomic E-state index is 12.8. The van der Waals surface area contributed by atoms with Gasteiger partial charge in [0.15, 0.2) is 6.10 Å². The smallest absolute Gasteiger partial charge is 0.326 e. The highest BCUT2D eigenvalue weighted by molar-refractivity contribution is 7.22. The molecule has 9 heteroatoms. The first kappa shape index (κ1) is 21.5. The zero-order valence-electron chi connectivity index (χ0n) is 17.2. The normalized spacial score (nSPS) is 12.0. The van der Waals surface area contributed by atoms with Crippen molar-refractivity contribution in [3.05, 3.63) is 47.0 Å². The third-order valence-electron chi connectivity index (χ3n) is 4.29. The van der Waals surface area contributed by atoms with Crippen LogP contribution >= 0.6 is 11.3 Å². The molecule has 1 aromatic carbocycles. The Hall–Kier alpha value is -3.20. The van der Waals surface area contributed by atoms with Crippen LogP contribution in [-0.4, -0.2) is 40.7 Å². The zero-order chi connectivity index (χ0) is 21.8. The van der Waals surface area contributed by atoms with E-state index >= 15 is 0 Å². The highest BCUT2D eigenvalue weighted by Gasteiger charge is 2.19. The van der Waals surface area contributed by atoms with Gasteiger partial charge in [0.05, 0.1) is 19.0 Å². The molecule has 0 aliphatic rings. The quantitative estimate of drug-likeness (QED) is 0.580. The van der Waals surface area contributed by atoms with E-state index < -0.39 is 12.1 Å². The number of hydrogen-bond acceptors (Lipinski definition) is 7. The minimum Gasteiger partial charge on any atom is -0.497 e. The molecular formula is C21H23N3O5S. The molecule has 0 saturated carbocycles. The molecule has 0 spiro atoms. The third kappa shape index (κ3) is 4.85.